The summed E-state index contributed by atoms with van der Waals surface area (Å²) < 4.78 is 13.6. The molecule has 0 saturated heterocycles. The van der Waals surface area contributed by atoms with Crippen molar-refractivity contribution in [2.24, 2.45) is 0 Å². The van der Waals surface area contributed by atoms with Crippen LogP contribution in [-0.2, 0) is 0 Å². The van der Waals surface area contributed by atoms with Crippen LogP contribution in [0.3, 0.4) is 0 Å². The summed E-state index contributed by atoms with van der Waals surface area (Å²) in [6.45, 7) is 0. The zero-order valence-electron chi connectivity index (χ0n) is 8.52. The second-order valence-corrected chi connectivity index (χ2v) is 3.77. The molecule has 0 bridgehead atoms. The predicted molar refractivity (Wildman–Crippen MR) is 61.6 cm³/mol. The molecule has 0 atom stereocenters. The highest BCUT2D eigenvalue weighted by atomic mass is 35.5. The van der Waals surface area contributed by atoms with Crippen LogP contribution >= 0.6 is 11.6 Å². The van der Waals surface area contributed by atoms with Crippen LogP contribution in [-0.4, -0.2) is 16.1 Å². The Kier molecular flexibility index (Phi) is 3.06. The molecular formula is C12H7ClFNO2. The van der Waals surface area contributed by atoms with Crippen molar-refractivity contribution in [3.8, 4) is 11.3 Å². The second kappa shape index (κ2) is 4.51. The van der Waals surface area contributed by atoms with Gasteiger partial charge in [-0.2, -0.15) is 0 Å². The van der Waals surface area contributed by atoms with E-state index in [1.807, 2.05) is 0 Å². The van der Waals surface area contributed by atoms with Gasteiger partial charge in [0.2, 0.25) is 0 Å². The van der Waals surface area contributed by atoms with Crippen LogP contribution < -0.4 is 0 Å². The molecule has 0 amide bonds. The van der Waals surface area contributed by atoms with Crippen LogP contribution in [0.15, 0.2) is 36.5 Å². The maximum absolute atomic E-state index is 13.6. The van der Waals surface area contributed by atoms with E-state index in [4.69, 9.17) is 16.7 Å². The first-order valence-electron chi connectivity index (χ1n) is 4.73. The van der Waals surface area contributed by atoms with E-state index in [0.717, 1.165) is 0 Å². The Morgan fingerprint density at radius 1 is 1.35 bits per heavy atom. The molecule has 0 unspecified atom stereocenters. The number of carbonyl (C=O) groups is 1. The van der Waals surface area contributed by atoms with Crippen molar-refractivity contribution in [2.45, 2.75) is 0 Å². The van der Waals surface area contributed by atoms with Gasteiger partial charge in [0.1, 0.15) is 5.82 Å². The summed E-state index contributed by atoms with van der Waals surface area (Å²) in [6.07, 6.45) is 1.29. The minimum Gasteiger partial charge on any atom is -0.478 e. The molecule has 1 heterocycles. The molecule has 0 fully saturated rings. The molecule has 1 N–H and O–H groups in total. The van der Waals surface area contributed by atoms with E-state index in [1.54, 1.807) is 6.07 Å². The molecular weight excluding hydrogens is 245 g/mol. The number of rotatable bonds is 2. The minimum atomic E-state index is -1.20. The van der Waals surface area contributed by atoms with Gasteiger partial charge in [0.05, 0.1) is 16.3 Å². The van der Waals surface area contributed by atoms with Gasteiger partial charge in [-0.05, 0) is 18.2 Å². The summed E-state index contributed by atoms with van der Waals surface area (Å²) in [5.74, 6) is -1.72. The third-order valence-corrected chi connectivity index (χ3v) is 2.42. The van der Waals surface area contributed by atoms with Crippen LogP contribution in [0, 0.1) is 5.82 Å². The molecule has 2 rings (SSSR count). The summed E-state index contributed by atoms with van der Waals surface area (Å²) in [7, 11) is 0. The standard InChI is InChI=1S/C12H7ClFNO2/c13-7-5-9(12(16)17)11(15-6-7)8-3-1-2-4-10(8)14/h1-6H,(H,16,17). The SMILES string of the molecule is O=C(O)c1cc(Cl)cnc1-c1ccccc1F. The second-order valence-electron chi connectivity index (χ2n) is 3.33. The Labute approximate surface area is 101 Å². The third-order valence-electron chi connectivity index (χ3n) is 2.21. The molecule has 0 aliphatic rings. The lowest BCUT2D eigenvalue weighted by Gasteiger charge is -2.06. The highest BCUT2D eigenvalue weighted by Crippen LogP contribution is 2.26. The van der Waals surface area contributed by atoms with Gasteiger partial charge in [0.15, 0.2) is 0 Å². The van der Waals surface area contributed by atoms with E-state index in [9.17, 15) is 9.18 Å². The van der Waals surface area contributed by atoms with E-state index in [0.29, 0.717) is 0 Å². The lowest BCUT2D eigenvalue weighted by atomic mass is 10.1. The van der Waals surface area contributed by atoms with Crippen molar-refractivity contribution in [2.75, 3.05) is 0 Å². The smallest absolute Gasteiger partial charge is 0.337 e. The lowest BCUT2D eigenvalue weighted by Crippen LogP contribution is -2.02. The number of aromatic nitrogens is 1. The zero-order chi connectivity index (χ0) is 12.4. The Morgan fingerprint density at radius 3 is 2.71 bits per heavy atom. The number of benzene rings is 1. The van der Waals surface area contributed by atoms with Gasteiger partial charge in [-0.25, -0.2) is 9.18 Å². The monoisotopic (exact) mass is 251 g/mol. The third kappa shape index (κ3) is 2.26. The number of hydrogen-bond donors (Lipinski definition) is 1. The maximum atomic E-state index is 13.6. The molecule has 1 aromatic carbocycles. The Bertz CT molecular complexity index is 586. The van der Waals surface area contributed by atoms with E-state index in [1.165, 1.54) is 30.5 Å². The first-order chi connectivity index (χ1) is 8.09. The van der Waals surface area contributed by atoms with Crippen LogP contribution in [0.1, 0.15) is 10.4 Å². The van der Waals surface area contributed by atoms with E-state index in [2.05, 4.69) is 4.98 Å². The van der Waals surface area contributed by atoms with E-state index >= 15 is 0 Å². The molecule has 0 aliphatic carbocycles. The molecule has 86 valence electrons. The molecule has 5 heteroatoms. The fourth-order valence-electron chi connectivity index (χ4n) is 1.47. The fraction of sp³-hybridized carbons (Fsp3) is 0. The molecule has 3 nitrogen and oxygen atoms in total. The van der Waals surface area contributed by atoms with Crippen molar-refractivity contribution in [3.05, 3.63) is 52.9 Å². The molecule has 1 aromatic heterocycles. The lowest BCUT2D eigenvalue weighted by molar-refractivity contribution is 0.0697. The number of carboxylic acids is 1. The zero-order valence-corrected chi connectivity index (χ0v) is 9.28. The molecule has 17 heavy (non-hydrogen) atoms. The van der Waals surface area contributed by atoms with Gasteiger partial charge >= 0.3 is 5.97 Å². The van der Waals surface area contributed by atoms with Gasteiger partial charge in [0.25, 0.3) is 0 Å². The molecule has 2 aromatic rings. The number of aromatic carboxylic acids is 1. The van der Waals surface area contributed by atoms with Crippen LogP contribution in [0.5, 0.6) is 0 Å². The van der Waals surface area contributed by atoms with Crippen LogP contribution in [0.4, 0.5) is 4.39 Å². The highest BCUT2D eigenvalue weighted by Gasteiger charge is 2.16. The Hall–Kier alpha value is -1.94. The Morgan fingerprint density at radius 2 is 2.06 bits per heavy atom. The van der Waals surface area contributed by atoms with Gasteiger partial charge < -0.3 is 5.11 Å². The normalized spacial score (nSPS) is 10.2. The molecule has 0 aliphatic heterocycles. The van der Waals surface area contributed by atoms with E-state index < -0.39 is 11.8 Å². The fourth-order valence-corrected chi connectivity index (χ4v) is 1.63. The summed E-state index contributed by atoms with van der Waals surface area (Å²) in [5, 5.41) is 9.22. The maximum Gasteiger partial charge on any atom is 0.337 e. The van der Waals surface area contributed by atoms with E-state index in [-0.39, 0.29) is 21.8 Å². The largest absolute Gasteiger partial charge is 0.478 e. The molecule has 0 saturated carbocycles. The minimum absolute atomic E-state index is 0.0694. The average Bonchev–Trinajstić information content (AvgIpc) is 2.30. The van der Waals surface area contributed by atoms with Gasteiger partial charge in [0, 0.05) is 11.8 Å². The summed E-state index contributed by atoms with van der Waals surface area (Å²) >= 11 is 5.67. The highest BCUT2D eigenvalue weighted by molar-refractivity contribution is 6.30. The Balaban J connectivity index is 2.68. The number of halogens is 2. The summed E-state index contributed by atoms with van der Waals surface area (Å²) in [6, 6.07) is 7.10. The van der Waals surface area contributed by atoms with Crippen molar-refractivity contribution in [3.63, 3.8) is 0 Å². The topological polar surface area (TPSA) is 50.2 Å². The summed E-state index contributed by atoms with van der Waals surface area (Å²) in [5.41, 5.74) is 0.0872. The average molecular weight is 252 g/mol. The summed E-state index contributed by atoms with van der Waals surface area (Å²) in [4.78, 5) is 14.9. The van der Waals surface area contributed by atoms with Crippen LogP contribution in [0.25, 0.3) is 11.3 Å². The van der Waals surface area contributed by atoms with Crippen molar-refractivity contribution < 1.29 is 14.3 Å². The van der Waals surface area contributed by atoms with Gasteiger partial charge in [-0.15, -0.1) is 0 Å². The van der Waals surface area contributed by atoms with Crippen molar-refractivity contribution in [1.29, 1.82) is 0 Å². The quantitative estimate of drug-likeness (QED) is 0.891. The first kappa shape index (κ1) is 11.5. The van der Waals surface area contributed by atoms with Crippen LogP contribution in [0.2, 0.25) is 5.02 Å². The molecule has 0 radical (unpaired) electrons. The van der Waals surface area contributed by atoms with Crippen molar-refractivity contribution in [1.82, 2.24) is 4.98 Å². The number of carboxylic acid groups (broad SMARTS) is 1. The molecule has 0 spiro atoms. The predicted octanol–water partition coefficient (Wildman–Crippen LogP) is 3.24. The number of pyridine rings is 1. The van der Waals surface area contributed by atoms with Crippen molar-refractivity contribution >= 4 is 17.6 Å². The van der Waals surface area contributed by atoms with Gasteiger partial charge in [-0.1, -0.05) is 23.7 Å². The van der Waals surface area contributed by atoms with Gasteiger partial charge in [-0.3, -0.25) is 4.98 Å². The number of hydrogen-bond acceptors (Lipinski definition) is 2. The first-order valence-corrected chi connectivity index (χ1v) is 5.11. The number of nitrogens with zero attached hydrogens (tertiary/aromatic N) is 1.